The molecule has 192 valence electrons. The summed E-state index contributed by atoms with van der Waals surface area (Å²) in [5, 5.41) is 16.6. The van der Waals surface area contributed by atoms with Gasteiger partial charge < -0.3 is 14.7 Å². The molecule has 0 bridgehead atoms. The third-order valence-corrected chi connectivity index (χ3v) is 7.89. The van der Waals surface area contributed by atoms with Crippen LogP contribution >= 0.6 is 23.4 Å². The number of rotatable bonds is 9. The summed E-state index contributed by atoms with van der Waals surface area (Å²) in [5.41, 5.74) is 4.18. The first-order chi connectivity index (χ1) is 17.9. The number of aldehydes is 1. The number of aromatic nitrogens is 2. The predicted molar refractivity (Wildman–Crippen MR) is 146 cm³/mol. The van der Waals surface area contributed by atoms with Gasteiger partial charge in [-0.05, 0) is 47.4 Å². The average molecular weight is 558 g/mol. The van der Waals surface area contributed by atoms with Gasteiger partial charge in [0.1, 0.15) is 5.37 Å². The van der Waals surface area contributed by atoms with E-state index in [0.29, 0.717) is 12.2 Å². The van der Waals surface area contributed by atoms with E-state index in [1.807, 2.05) is 36.4 Å². The third-order valence-electron chi connectivity index (χ3n) is 5.59. The van der Waals surface area contributed by atoms with Crippen molar-refractivity contribution < 1.29 is 18.4 Å². The summed E-state index contributed by atoms with van der Waals surface area (Å²) < 4.78 is 20.2. The van der Waals surface area contributed by atoms with Crippen LogP contribution in [0.4, 0.5) is 5.69 Å². The number of nitrogens with zero attached hydrogens (tertiary/aromatic N) is 4. The van der Waals surface area contributed by atoms with Crippen LogP contribution in [0.5, 0.6) is 0 Å². The second-order valence-corrected chi connectivity index (χ2v) is 10.8. The fraction of sp³-hybridized carbons (Fsp3) is 0.240. The molecule has 1 aliphatic heterocycles. The van der Waals surface area contributed by atoms with E-state index in [0.717, 1.165) is 35.1 Å². The number of carbonyl (C=O) groups is 2. The molecule has 1 amide bonds. The Bertz CT molecular complexity index is 1300. The molecule has 1 aliphatic rings. The first-order valence-electron chi connectivity index (χ1n) is 11.4. The topological polar surface area (TPSA) is 125 Å². The minimum absolute atomic E-state index is 0.0397. The minimum Gasteiger partial charge on any atom is -0.321 e. The van der Waals surface area contributed by atoms with Crippen LogP contribution in [0.3, 0.4) is 0 Å². The molecule has 2 N–H and O–H groups in total. The van der Waals surface area contributed by atoms with Crippen molar-refractivity contribution in [3.8, 4) is 0 Å². The zero-order valence-electron chi connectivity index (χ0n) is 19.8. The lowest BCUT2D eigenvalue weighted by Gasteiger charge is -2.34. The average Bonchev–Trinajstić information content (AvgIpc) is 2.90. The molecule has 0 radical (unpaired) electrons. The Morgan fingerprint density at radius 2 is 1.81 bits per heavy atom. The summed E-state index contributed by atoms with van der Waals surface area (Å²) in [5.74, 6) is -0.330. The summed E-state index contributed by atoms with van der Waals surface area (Å²) in [6, 6.07) is 17.7. The van der Waals surface area contributed by atoms with E-state index in [1.165, 1.54) is 12.1 Å². The molecule has 12 heteroatoms. The van der Waals surface area contributed by atoms with Gasteiger partial charge in [0.25, 0.3) is 5.91 Å². The molecule has 0 fully saturated rings. The normalized spacial score (nSPS) is 18.1. The van der Waals surface area contributed by atoms with Crippen LogP contribution in [0.25, 0.3) is 0 Å². The number of carbonyl (C=O) groups excluding carboxylic acids is 2. The van der Waals surface area contributed by atoms with Crippen LogP contribution in [-0.4, -0.2) is 52.5 Å². The van der Waals surface area contributed by atoms with E-state index < -0.39 is 22.4 Å². The minimum atomic E-state index is -1.90. The fourth-order valence-corrected chi connectivity index (χ4v) is 5.50. The van der Waals surface area contributed by atoms with Crippen molar-refractivity contribution in [2.24, 2.45) is 5.10 Å². The Hall–Kier alpha value is -3.12. The van der Waals surface area contributed by atoms with Gasteiger partial charge in [-0.15, -0.1) is 22.0 Å². The van der Waals surface area contributed by atoms with Crippen LogP contribution in [0.1, 0.15) is 40.5 Å². The van der Waals surface area contributed by atoms with Gasteiger partial charge in [0.2, 0.25) is 0 Å². The molecule has 3 unspecified atom stereocenters. The van der Waals surface area contributed by atoms with Crippen LogP contribution in [0.15, 0.2) is 65.8 Å². The molecule has 0 saturated heterocycles. The Labute approximate surface area is 226 Å². The largest absolute Gasteiger partial charge is 0.321 e. The molecule has 2 aromatic carbocycles. The van der Waals surface area contributed by atoms with Crippen LogP contribution in [-0.2, 0) is 28.2 Å². The summed E-state index contributed by atoms with van der Waals surface area (Å²) >= 11 is 5.36. The van der Waals surface area contributed by atoms with Crippen molar-refractivity contribution in [2.45, 2.75) is 36.3 Å². The number of anilines is 1. The highest BCUT2D eigenvalue weighted by molar-refractivity contribution is 8.01. The van der Waals surface area contributed by atoms with Crippen LogP contribution in [0.2, 0.25) is 5.15 Å². The molecular weight excluding hydrogens is 534 g/mol. The lowest BCUT2D eigenvalue weighted by Crippen LogP contribution is -2.39. The van der Waals surface area contributed by atoms with Crippen LogP contribution < -0.4 is 5.32 Å². The second kappa shape index (κ2) is 12.4. The van der Waals surface area contributed by atoms with Gasteiger partial charge >= 0.3 is 0 Å². The van der Waals surface area contributed by atoms with Crippen molar-refractivity contribution in [1.29, 1.82) is 0 Å². The number of halogens is 1. The van der Waals surface area contributed by atoms with E-state index >= 15 is 0 Å². The number of benzene rings is 2. The van der Waals surface area contributed by atoms with Crippen molar-refractivity contribution in [2.75, 3.05) is 5.32 Å². The first-order valence-corrected chi connectivity index (χ1v) is 14.0. The highest BCUT2D eigenvalue weighted by Gasteiger charge is 2.31. The van der Waals surface area contributed by atoms with E-state index in [4.69, 9.17) is 21.3 Å². The molecule has 37 heavy (non-hydrogen) atoms. The van der Waals surface area contributed by atoms with Crippen molar-refractivity contribution in [3.63, 3.8) is 0 Å². The molecule has 0 aliphatic carbocycles. The van der Waals surface area contributed by atoms with Crippen molar-refractivity contribution in [1.82, 2.24) is 15.2 Å². The molecule has 4 rings (SSSR count). The molecule has 0 saturated carbocycles. The van der Waals surface area contributed by atoms with E-state index in [-0.39, 0.29) is 21.8 Å². The van der Waals surface area contributed by atoms with Crippen molar-refractivity contribution >= 4 is 58.0 Å². The lowest BCUT2D eigenvalue weighted by atomic mass is 10.0. The van der Waals surface area contributed by atoms with Gasteiger partial charge in [-0.25, -0.2) is 4.21 Å². The molecule has 3 atom stereocenters. The Balaban J connectivity index is 1.50. The zero-order chi connectivity index (χ0) is 26.4. The monoisotopic (exact) mass is 557 g/mol. The molecule has 9 nitrogen and oxygen atoms in total. The maximum atomic E-state index is 12.4. The Morgan fingerprint density at radius 1 is 1.11 bits per heavy atom. The summed E-state index contributed by atoms with van der Waals surface area (Å²) in [4.78, 5) is 24.3. The number of thioether (sulfide) groups is 1. The van der Waals surface area contributed by atoms with Gasteiger partial charge in [-0.2, -0.15) is 5.10 Å². The summed E-state index contributed by atoms with van der Waals surface area (Å²) in [6.07, 6.45) is 1.70. The number of hydrogen-bond donors (Lipinski definition) is 2. The molecular formula is C25H24ClN5O4S2. The zero-order valence-corrected chi connectivity index (χ0v) is 22.2. The van der Waals surface area contributed by atoms with Crippen molar-refractivity contribution in [3.05, 3.63) is 88.2 Å². The standard InChI is InChI=1S/C25H24ClN5O4S2/c1-2-21-24(18-7-3-17(4-8-18)15-37(34)35)30-31(23(14-32)36-21)13-16-5-9-19(10-6-16)27-25(33)20-11-12-22(26)29-28-20/h3-12,14,21,23H,2,13,15H2,1H3,(H,27,33)(H,34,35). The van der Waals surface area contributed by atoms with Gasteiger partial charge in [0, 0.05) is 5.69 Å². The molecule has 1 aromatic heterocycles. The molecule has 3 aromatic rings. The first kappa shape index (κ1) is 26.9. The summed E-state index contributed by atoms with van der Waals surface area (Å²) in [7, 11) is 0. The number of hydrazone groups is 1. The van der Waals surface area contributed by atoms with Gasteiger partial charge in [0.15, 0.2) is 28.2 Å². The van der Waals surface area contributed by atoms with Gasteiger partial charge in [0.05, 0.1) is 23.3 Å². The predicted octanol–water partition coefficient (Wildman–Crippen LogP) is 4.36. The number of hydrogen-bond acceptors (Lipinski definition) is 8. The van der Waals surface area contributed by atoms with Gasteiger partial charge in [-0.3, -0.25) is 9.80 Å². The van der Waals surface area contributed by atoms with E-state index in [1.54, 1.807) is 28.9 Å². The summed E-state index contributed by atoms with van der Waals surface area (Å²) in [6.45, 7) is 2.45. The number of nitrogens with one attached hydrogen (secondary N) is 1. The smallest absolute Gasteiger partial charge is 0.276 e. The third kappa shape index (κ3) is 7.01. The Kier molecular flexibility index (Phi) is 9.04. The fourth-order valence-electron chi connectivity index (χ4n) is 3.75. The van der Waals surface area contributed by atoms with Gasteiger partial charge in [-0.1, -0.05) is 54.9 Å². The Morgan fingerprint density at radius 3 is 2.41 bits per heavy atom. The SMILES string of the molecule is CCC1SC(C=O)N(Cc2ccc(NC(=O)c3ccc(Cl)nn3)cc2)N=C1c1ccc(CS(=O)O)cc1. The highest BCUT2D eigenvalue weighted by Crippen LogP contribution is 2.32. The molecule has 0 spiro atoms. The maximum Gasteiger partial charge on any atom is 0.276 e. The van der Waals surface area contributed by atoms with E-state index in [2.05, 4.69) is 22.4 Å². The maximum absolute atomic E-state index is 12.4. The lowest BCUT2D eigenvalue weighted by molar-refractivity contribution is -0.110. The molecule has 2 heterocycles. The highest BCUT2D eigenvalue weighted by atomic mass is 35.5. The number of amides is 1. The quantitative estimate of drug-likeness (QED) is 0.294. The van der Waals surface area contributed by atoms with Crippen LogP contribution in [0, 0.1) is 0 Å². The second-order valence-electron chi connectivity index (χ2n) is 8.20. The van der Waals surface area contributed by atoms with E-state index in [9.17, 15) is 13.8 Å².